The van der Waals surface area contributed by atoms with Gasteiger partial charge in [0.05, 0.1) is 5.69 Å². The van der Waals surface area contributed by atoms with Gasteiger partial charge in [0.2, 0.25) is 6.79 Å². The SMILES string of the molecule is CNc1nc(Cc2ccc3c(c2)OCO3)c(C)s1. The lowest BCUT2D eigenvalue weighted by atomic mass is 10.1. The molecular weight excluding hydrogens is 248 g/mol. The van der Waals surface area contributed by atoms with Crippen molar-refractivity contribution >= 4 is 16.5 Å². The Balaban J connectivity index is 1.85. The first kappa shape index (κ1) is 11.3. The summed E-state index contributed by atoms with van der Waals surface area (Å²) in [5.41, 5.74) is 2.30. The molecule has 4 nitrogen and oxygen atoms in total. The molecule has 1 aromatic heterocycles. The molecule has 18 heavy (non-hydrogen) atoms. The number of nitrogens with zero attached hydrogens (tertiary/aromatic N) is 1. The molecule has 1 aliphatic rings. The quantitative estimate of drug-likeness (QED) is 0.923. The lowest BCUT2D eigenvalue weighted by Gasteiger charge is -2.02. The highest BCUT2D eigenvalue weighted by Gasteiger charge is 2.14. The van der Waals surface area contributed by atoms with E-state index < -0.39 is 0 Å². The van der Waals surface area contributed by atoms with Crippen molar-refractivity contribution in [2.45, 2.75) is 13.3 Å². The van der Waals surface area contributed by atoms with Crippen molar-refractivity contribution in [1.82, 2.24) is 4.98 Å². The third kappa shape index (κ3) is 2.01. The van der Waals surface area contributed by atoms with Crippen molar-refractivity contribution in [3.8, 4) is 11.5 Å². The normalized spacial score (nSPS) is 12.8. The van der Waals surface area contributed by atoms with E-state index in [1.54, 1.807) is 11.3 Å². The molecule has 2 heterocycles. The number of hydrogen-bond acceptors (Lipinski definition) is 5. The van der Waals surface area contributed by atoms with E-state index in [0.29, 0.717) is 6.79 Å². The molecule has 0 fully saturated rings. The summed E-state index contributed by atoms with van der Waals surface area (Å²) in [6.07, 6.45) is 0.820. The second-order valence-corrected chi connectivity index (χ2v) is 5.34. The first-order valence-corrected chi connectivity index (χ1v) is 6.60. The van der Waals surface area contributed by atoms with Crippen molar-refractivity contribution in [2.24, 2.45) is 0 Å². The van der Waals surface area contributed by atoms with Crippen molar-refractivity contribution < 1.29 is 9.47 Å². The van der Waals surface area contributed by atoms with E-state index in [1.165, 1.54) is 10.4 Å². The Kier molecular flexibility index (Phi) is 2.83. The monoisotopic (exact) mass is 262 g/mol. The number of anilines is 1. The van der Waals surface area contributed by atoms with Gasteiger partial charge in [0.25, 0.3) is 0 Å². The maximum absolute atomic E-state index is 5.38. The van der Waals surface area contributed by atoms with E-state index in [4.69, 9.17) is 9.47 Å². The molecule has 1 aliphatic heterocycles. The maximum Gasteiger partial charge on any atom is 0.231 e. The van der Waals surface area contributed by atoms with Crippen LogP contribution in [0.1, 0.15) is 16.1 Å². The average Bonchev–Trinajstić information content (AvgIpc) is 2.96. The molecule has 3 rings (SSSR count). The minimum atomic E-state index is 0.318. The third-order valence-electron chi connectivity index (χ3n) is 2.92. The Morgan fingerprint density at radius 1 is 1.33 bits per heavy atom. The third-order valence-corrected chi connectivity index (χ3v) is 3.95. The Bertz CT molecular complexity index is 580. The van der Waals surface area contributed by atoms with Gasteiger partial charge in [0, 0.05) is 18.3 Å². The topological polar surface area (TPSA) is 43.4 Å². The number of nitrogens with one attached hydrogen (secondary N) is 1. The molecule has 94 valence electrons. The van der Waals surface area contributed by atoms with Gasteiger partial charge in [-0.15, -0.1) is 11.3 Å². The Morgan fingerprint density at radius 3 is 2.94 bits per heavy atom. The summed E-state index contributed by atoms with van der Waals surface area (Å²) in [4.78, 5) is 5.80. The summed E-state index contributed by atoms with van der Waals surface area (Å²) in [5.74, 6) is 1.65. The summed E-state index contributed by atoms with van der Waals surface area (Å²) >= 11 is 1.68. The number of fused-ring (bicyclic) bond motifs is 1. The molecule has 1 aromatic carbocycles. The van der Waals surface area contributed by atoms with Gasteiger partial charge in [-0.25, -0.2) is 4.98 Å². The first-order chi connectivity index (χ1) is 8.76. The molecule has 0 spiro atoms. The predicted octanol–water partition coefficient (Wildman–Crippen LogP) is 2.81. The summed E-state index contributed by atoms with van der Waals surface area (Å²) in [7, 11) is 1.89. The maximum atomic E-state index is 5.38. The fourth-order valence-electron chi connectivity index (χ4n) is 1.94. The van der Waals surface area contributed by atoms with Crippen molar-refractivity contribution in [2.75, 3.05) is 19.2 Å². The fourth-order valence-corrected chi connectivity index (χ4v) is 2.73. The van der Waals surface area contributed by atoms with Crippen LogP contribution < -0.4 is 14.8 Å². The van der Waals surface area contributed by atoms with Crippen LogP contribution in [0, 0.1) is 6.92 Å². The van der Waals surface area contributed by atoms with E-state index >= 15 is 0 Å². The van der Waals surface area contributed by atoms with Gasteiger partial charge >= 0.3 is 0 Å². The van der Waals surface area contributed by atoms with Gasteiger partial charge in [-0.2, -0.15) is 0 Å². The number of benzene rings is 1. The smallest absolute Gasteiger partial charge is 0.231 e. The molecule has 5 heteroatoms. The summed E-state index contributed by atoms with van der Waals surface area (Å²) < 4.78 is 10.7. The summed E-state index contributed by atoms with van der Waals surface area (Å²) in [6, 6.07) is 6.05. The van der Waals surface area contributed by atoms with E-state index in [9.17, 15) is 0 Å². The second-order valence-electron chi connectivity index (χ2n) is 4.14. The van der Waals surface area contributed by atoms with Crippen molar-refractivity contribution in [3.05, 3.63) is 34.3 Å². The average molecular weight is 262 g/mol. The van der Waals surface area contributed by atoms with Gasteiger partial charge in [-0.1, -0.05) is 6.07 Å². The van der Waals surface area contributed by atoms with Gasteiger partial charge < -0.3 is 14.8 Å². The molecule has 0 amide bonds. The molecule has 1 N–H and O–H groups in total. The number of ether oxygens (including phenoxy) is 2. The fraction of sp³-hybridized carbons (Fsp3) is 0.308. The molecule has 2 aromatic rings. The molecule has 0 radical (unpaired) electrons. The Labute approximate surface area is 110 Å². The van der Waals surface area contributed by atoms with Crippen LogP contribution in [0.4, 0.5) is 5.13 Å². The molecule has 0 saturated heterocycles. The molecule has 0 saturated carbocycles. The highest BCUT2D eigenvalue weighted by atomic mass is 32.1. The van der Waals surface area contributed by atoms with E-state index in [1.807, 2.05) is 19.2 Å². The van der Waals surface area contributed by atoms with Crippen LogP contribution in [0.3, 0.4) is 0 Å². The number of aromatic nitrogens is 1. The molecule has 0 unspecified atom stereocenters. The zero-order chi connectivity index (χ0) is 12.5. The number of aryl methyl sites for hydroxylation is 1. The van der Waals surface area contributed by atoms with Crippen LogP contribution in [0.5, 0.6) is 11.5 Å². The van der Waals surface area contributed by atoms with Crippen LogP contribution in [0.15, 0.2) is 18.2 Å². The molecule has 0 bridgehead atoms. The first-order valence-electron chi connectivity index (χ1n) is 5.79. The largest absolute Gasteiger partial charge is 0.454 e. The standard InChI is InChI=1S/C13H14N2O2S/c1-8-10(15-13(14-2)18-8)5-9-3-4-11-12(6-9)17-7-16-11/h3-4,6H,5,7H2,1-2H3,(H,14,15). The van der Waals surface area contributed by atoms with E-state index in [0.717, 1.165) is 28.7 Å². The molecule has 0 aliphatic carbocycles. The van der Waals surface area contributed by atoms with Crippen molar-refractivity contribution in [3.63, 3.8) is 0 Å². The van der Waals surface area contributed by atoms with E-state index in [2.05, 4.69) is 23.3 Å². The summed E-state index contributed by atoms with van der Waals surface area (Å²) in [5, 5.41) is 4.04. The van der Waals surface area contributed by atoms with E-state index in [-0.39, 0.29) is 0 Å². The lowest BCUT2D eigenvalue weighted by molar-refractivity contribution is 0.174. The highest BCUT2D eigenvalue weighted by molar-refractivity contribution is 7.15. The number of thiazole rings is 1. The molecular formula is C13H14N2O2S. The van der Waals surface area contributed by atoms with Gasteiger partial charge in [-0.05, 0) is 24.6 Å². The van der Waals surface area contributed by atoms with Crippen LogP contribution in [0.2, 0.25) is 0 Å². The minimum Gasteiger partial charge on any atom is -0.454 e. The highest BCUT2D eigenvalue weighted by Crippen LogP contribution is 2.33. The Hall–Kier alpha value is -1.75. The van der Waals surface area contributed by atoms with Crippen LogP contribution in [-0.2, 0) is 6.42 Å². The second kappa shape index (κ2) is 4.49. The Morgan fingerprint density at radius 2 is 2.17 bits per heavy atom. The van der Waals surface area contributed by atoms with Crippen molar-refractivity contribution in [1.29, 1.82) is 0 Å². The van der Waals surface area contributed by atoms with Crippen LogP contribution in [0.25, 0.3) is 0 Å². The van der Waals surface area contributed by atoms with Gasteiger partial charge in [-0.3, -0.25) is 0 Å². The lowest BCUT2D eigenvalue weighted by Crippen LogP contribution is -1.93. The minimum absolute atomic E-state index is 0.318. The zero-order valence-electron chi connectivity index (χ0n) is 10.3. The predicted molar refractivity (Wildman–Crippen MR) is 71.8 cm³/mol. The van der Waals surface area contributed by atoms with Crippen LogP contribution in [-0.4, -0.2) is 18.8 Å². The summed E-state index contributed by atoms with van der Waals surface area (Å²) in [6.45, 7) is 2.42. The number of hydrogen-bond donors (Lipinski definition) is 1. The molecule has 0 atom stereocenters. The van der Waals surface area contributed by atoms with Crippen LogP contribution >= 0.6 is 11.3 Å². The van der Waals surface area contributed by atoms with Gasteiger partial charge in [0.15, 0.2) is 16.6 Å². The van der Waals surface area contributed by atoms with Gasteiger partial charge in [0.1, 0.15) is 0 Å². The number of rotatable bonds is 3. The zero-order valence-corrected chi connectivity index (χ0v) is 11.1.